The van der Waals surface area contributed by atoms with Gasteiger partial charge in [-0.25, -0.2) is 4.39 Å². The molecule has 0 saturated carbocycles. The lowest BCUT2D eigenvalue weighted by Gasteiger charge is -2.38. The molecule has 2 N–H and O–H groups in total. The van der Waals surface area contributed by atoms with Crippen molar-refractivity contribution in [2.24, 2.45) is 5.92 Å². The Bertz CT molecular complexity index is 1360. The molecule has 0 unspecified atom stereocenters. The van der Waals surface area contributed by atoms with E-state index >= 15 is 0 Å². The molecule has 0 spiro atoms. The van der Waals surface area contributed by atoms with Crippen LogP contribution < -0.4 is 20.4 Å². The summed E-state index contributed by atoms with van der Waals surface area (Å²) in [5.41, 5.74) is 3.67. The van der Waals surface area contributed by atoms with E-state index in [1.807, 2.05) is 12.1 Å². The minimum Gasteiger partial charge on any atom is -0.381 e. The lowest BCUT2D eigenvalue weighted by Crippen LogP contribution is -2.45. The number of hydrogen-bond donors (Lipinski definition) is 2. The number of piperidine rings is 1. The van der Waals surface area contributed by atoms with Gasteiger partial charge in [-0.2, -0.15) is 9.97 Å². The summed E-state index contributed by atoms with van der Waals surface area (Å²) in [7, 11) is 0. The number of ether oxygens (including phenoxy) is 1. The first-order valence-corrected chi connectivity index (χ1v) is 15.2. The highest BCUT2D eigenvalue weighted by Gasteiger charge is 2.34. The minimum absolute atomic E-state index is 0.184. The van der Waals surface area contributed by atoms with Crippen molar-refractivity contribution < 1.29 is 9.13 Å². The second kappa shape index (κ2) is 12.3. The van der Waals surface area contributed by atoms with Crippen LogP contribution >= 0.6 is 12.2 Å². The molecule has 2 aromatic carbocycles. The van der Waals surface area contributed by atoms with E-state index in [4.69, 9.17) is 26.9 Å². The fourth-order valence-electron chi connectivity index (χ4n) is 6.42. The van der Waals surface area contributed by atoms with Crippen LogP contribution in [0.4, 0.5) is 22.0 Å². The number of nitrogens with one attached hydrogen (secondary N) is 2. The molecule has 2 fully saturated rings. The standard InChI is InChI=1S/C32H39FN6OS/c1-23-5-4-15-38(20-23)28-19-29(39-16-12-24-6-2-3-7-25(24)21-39)36-30(35-28)37-31(41)34-22-32(13-17-40-18-14-32)26-8-10-27(33)11-9-26/h2-3,6-11,19,23H,4-5,12-18,20-22H2,1H3,(H2,34,35,36,37,41)/t23-/m1/s1. The van der Waals surface area contributed by atoms with Crippen LogP contribution in [0.2, 0.25) is 0 Å². The smallest absolute Gasteiger partial charge is 0.232 e. The monoisotopic (exact) mass is 574 g/mol. The summed E-state index contributed by atoms with van der Waals surface area (Å²) in [6.07, 6.45) is 5.09. The van der Waals surface area contributed by atoms with Crippen LogP contribution in [-0.4, -0.2) is 54.5 Å². The van der Waals surface area contributed by atoms with E-state index in [-0.39, 0.29) is 11.2 Å². The van der Waals surface area contributed by atoms with Gasteiger partial charge in [0.05, 0.1) is 0 Å². The third kappa shape index (κ3) is 6.46. The Kier molecular flexibility index (Phi) is 8.35. The summed E-state index contributed by atoms with van der Waals surface area (Å²) in [6.45, 7) is 7.98. The highest BCUT2D eigenvalue weighted by Crippen LogP contribution is 2.35. The Labute approximate surface area is 247 Å². The predicted octanol–water partition coefficient (Wildman–Crippen LogP) is 5.45. The molecule has 2 saturated heterocycles. The molecule has 216 valence electrons. The molecule has 3 aliphatic rings. The van der Waals surface area contributed by atoms with Crippen LogP contribution in [0.15, 0.2) is 54.6 Å². The molecule has 6 rings (SSSR count). The maximum Gasteiger partial charge on any atom is 0.232 e. The fourth-order valence-corrected chi connectivity index (χ4v) is 6.58. The Morgan fingerprint density at radius 2 is 1.76 bits per heavy atom. The number of fused-ring (bicyclic) bond motifs is 1. The first-order valence-electron chi connectivity index (χ1n) is 14.8. The summed E-state index contributed by atoms with van der Waals surface area (Å²) < 4.78 is 19.3. The van der Waals surface area contributed by atoms with Gasteiger partial charge >= 0.3 is 0 Å². The van der Waals surface area contributed by atoms with E-state index in [0.717, 1.165) is 69.1 Å². The summed E-state index contributed by atoms with van der Waals surface area (Å²) in [6, 6.07) is 17.6. The van der Waals surface area contributed by atoms with Crippen molar-refractivity contribution in [1.29, 1.82) is 0 Å². The Balaban J connectivity index is 1.21. The van der Waals surface area contributed by atoms with Crippen LogP contribution in [-0.2, 0) is 23.1 Å². The van der Waals surface area contributed by atoms with Crippen molar-refractivity contribution in [1.82, 2.24) is 15.3 Å². The molecule has 7 nitrogen and oxygen atoms in total. The van der Waals surface area contributed by atoms with Crippen molar-refractivity contribution in [2.45, 2.75) is 51.0 Å². The Hall–Kier alpha value is -3.30. The highest BCUT2D eigenvalue weighted by molar-refractivity contribution is 7.80. The molecule has 3 aromatic rings. The molecule has 41 heavy (non-hydrogen) atoms. The van der Waals surface area contributed by atoms with Crippen LogP contribution in [0.3, 0.4) is 0 Å². The Morgan fingerprint density at radius 1 is 1.02 bits per heavy atom. The van der Waals surface area contributed by atoms with Crippen molar-refractivity contribution >= 4 is 34.9 Å². The largest absolute Gasteiger partial charge is 0.381 e. The summed E-state index contributed by atoms with van der Waals surface area (Å²) in [4.78, 5) is 14.6. The van der Waals surface area contributed by atoms with Crippen LogP contribution in [0.1, 0.15) is 49.3 Å². The minimum atomic E-state index is -0.228. The van der Waals surface area contributed by atoms with E-state index in [1.54, 1.807) is 0 Å². The number of anilines is 3. The zero-order valence-electron chi connectivity index (χ0n) is 23.7. The van der Waals surface area contributed by atoms with E-state index in [9.17, 15) is 4.39 Å². The first-order chi connectivity index (χ1) is 20.0. The van der Waals surface area contributed by atoms with E-state index < -0.39 is 0 Å². The summed E-state index contributed by atoms with van der Waals surface area (Å²) in [5.74, 6) is 2.77. The SMILES string of the molecule is C[C@@H]1CCCN(c2cc(N3CCc4ccccc4C3)nc(NC(=S)NCC3(c4ccc(F)cc4)CCOCC3)n2)C1. The van der Waals surface area contributed by atoms with Crippen molar-refractivity contribution in [3.8, 4) is 0 Å². The maximum atomic E-state index is 13.7. The van der Waals surface area contributed by atoms with Crippen molar-refractivity contribution in [2.75, 3.05) is 54.5 Å². The molecule has 0 amide bonds. The molecule has 0 aliphatic carbocycles. The Morgan fingerprint density at radius 3 is 2.51 bits per heavy atom. The van der Waals surface area contributed by atoms with Gasteiger partial charge in [0.25, 0.3) is 0 Å². The second-order valence-electron chi connectivity index (χ2n) is 11.7. The van der Waals surface area contributed by atoms with E-state index in [0.29, 0.717) is 36.7 Å². The number of thiocarbonyl (C=S) groups is 1. The molecule has 1 atom stereocenters. The first kappa shape index (κ1) is 27.8. The molecular weight excluding hydrogens is 535 g/mol. The molecule has 0 bridgehead atoms. The molecule has 4 heterocycles. The van der Waals surface area contributed by atoms with Gasteiger partial charge in [-0.1, -0.05) is 43.3 Å². The third-order valence-corrected chi connectivity index (χ3v) is 9.10. The maximum absolute atomic E-state index is 13.7. The van der Waals surface area contributed by atoms with Crippen LogP contribution in [0, 0.1) is 11.7 Å². The van der Waals surface area contributed by atoms with Gasteiger partial charge in [-0.3, -0.25) is 0 Å². The quantitative estimate of drug-likeness (QED) is 0.377. The fraction of sp³-hybridized carbons (Fsp3) is 0.469. The number of aromatic nitrogens is 2. The number of hydrogen-bond acceptors (Lipinski definition) is 6. The third-order valence-electron chi connectivity index (χ3n) is 8.85. The van der Waals surface area contributed by atoms with Gasteiger partial charge in [0.15, 0.2) is 5.11 Å². The average Bonchev–Trinajstić information content (AvgIpc) is 3.00. The highest BCUT2D eigenvalue weighted by atomic mass is 32.1. The predicted molar refractivity (Wildman–Crippen MR) is 166 cm³/mol. The van der Waals surface area contributed by atoms with Gasteiger partial charge in [0.2, 0.25) is 5.95 Å². The van der Waals surface area contributed by atoms with Gasteiger partial charge in [-0.05, 0) is 79.1 Å². The van der Waals surface area contributed by atoms with Crippen LogP contribution in [0.25, 0.3) is 0 Å². The lowest BCUT2D eigenvalue weighted by molar-refractivity contribution is 0.0515. The van der Waals surface area contributed by atoms with E-state index in [1.165, 1.54) is 29.7 Å². The summed E-state index contributed by atoms with van der Waals surface area (Å²) >= 11 is 5.77. The van der Waals surface area contributed by atoms with Crippen LogP contribution in [0.5, 0.6) is 0 Å². The van der Waals surface area contributed by atoms with Gasteiger partial charge in [0, 0.05) is 57.4 Å². The number of benzene rings is 2. The van der Waals surface area contributed by atoms with E-state index in [2.05, 4.69) is 57.7 Å². The number of nitrogens with zero attached hydrogens (tertiary/aromatic N) is 4. The number of halogens is 1. The zero-order chi connectivity index (χ0) is 28.2. The molecule has 1 aromatic heterocycles. The molecule has 3 aliphatic heterocycles. The molecule has 0 radical (unpaired) electrons. The average molecular weight is 575 g/mol. The lowest BCUT2D eigenvalue weighted by atomic mass is 9.74. The molecular formula is C32H39FN6OS. The number of rotatable bonds is 6. The normalized spacial score (nSPS) is 20.3. The van der Waals surface area contributed by atoms with Crippen molar-refractivity contribution in [3.05, 3.63) is 77.1 Å². The van der Waals surface area contributed by atoms with Gasteiger partial charge in [0.1, 0.15) is 17.5 Å². The second-order valence-corrected chi connectivity index (χ2v) is 12.2. The van der Waals surface area contributed by atoms with Gasteiger partial charge < -0.3 is 25.2 Å². The van der Waals surface area contributed by atoms with Gasteiger partial charge in [-0.15, -0.1) is 0 Å². The topological polar surface area (TPSA) is 65.5 Å². The van der Waals surface area contributed by atoms with Crippen molar-refractivity contribution in [3.63, 3.8) is 0 Å². The summed E-state index contributed by atoms with van der Waals surface area (Å²) in [5, 5.41) is 7.22. The zero-order valence-corrected chi connectivity index (χ0v) is 24.6. The molecule has 9 heteroatoms.